The SMILES string of the molecule is CCSCCCOc1ccccc1C(O)CC. The largest absolute Gasteiger partial charge is 0.493 e. The summed E-state index contributed by atoms with van der Waals surface area (Å²) in [5.74, 6) is 3.11. The van der Waals surface area contributed by atoms with Crippen LogP contribution >= 0.6 is 11.8 Å². The van der Waals surface area contributed by atoms with E-state index in [-0.39, 0.29) is 0 Å². The molecule has 1 unspecified atom stereocenters. The molecule has 0 aliphatic carbocycles. The molecule has 1 rings (SSSR count). The summed E-state index contributed by atoms with van der Waals surface area (Å²) in [7, 11) is 0. The first-order valence-corrected chi connectivity index (χ1v) is 7.42. The quantitative estimate of drug-likeness (QED) is 0.718. The number of rotatable bonds is 8. The average molecular weight is 254 g/mol. The second kappa shape index (κ2) is 8.43. The van der Waals surface area contributed by atoms with Gasteiger partial charge in [0.1, 0.15) is 5.75 Å². The number of hydrogen-bond donors (Lipinski definition) is 1. The Morgan fingerprint density at radius 1 is 1.29 bits per heavy atom. The lowest BCUT2D eigenvalue weighted by Crippen LogP contribution is -2.04. The number of hydrogen-bond acceptors (Lipinski definition) is 3. The Balaban J connectivity index is 2.46. The fraction of sp³-hybridized carbons (Fsp3) is 0.571. The van der Waals surface area contributed by atoms with Crippen molar-refractivity contribution in [2.24, 2.45) is 0 Å². The van der Waals surface area contributed by atoms with Crippen molar-refractivity contribution in [2.75, 3.05) is 18.1 Å². The molecule has 0 radical (unpaired) electrons. The zero-order valence-electron chi connectivity index (χ0n) is 10.7. The van der Waals surface area contributed by atoms with Gasteiger partial charge >= 0.3 is 0 Å². The van der Waals surface area contributed by atoms with Crippen molar-refractivity contribution < 1.29 is 9.84 Å². The van der Waals surface area contributed by atoms with Gasteiger partial charge in [-0.15, -0.1) is 0 Å². The zero-order valence-corrected chi connectivity index (χ0v) is 11.5. The van der Waals surface area contributed by atoms with E-state index in [0.717, 1.165) is 35.8 Å². The minimum absolute atomic E-state index is 0.420. The summed E-state index contributed by atoms with van der Waals surface area (Å²) in [4.78, 5) is 0. The normalized spacial score (nSPS) is 12.4. The van der Waals surface area contributed by atoms with E-state index in [9.17, 15) is 5.11 Å². The summed E-state index contributed by atoms with van der Waals surface area (Å²) in [6.07, 6.45) is 1.34. The molecule has 0 amide bonds. The summed E-state index contributed by atoms with van der Waals surface area (Å²) in [5.41, 5.74) is 0.901. The fourth-order valence-corrected chi connectivity index (χ4v) is 2.21. The van der Waals surface area contributed by atoms with Crippen molar-refractivity contribution in [3.63, 3.8) is 0 Å². The van der Waals surface area contributed by atoms with Gasteiger partial charge in [0.2, 0.25) is 0 Å². The Bertz CT molecular complexity index is 315. The van der Waals surface area contributed by atoms with Crippen molar-refractivity contribution in [2.45, 2.75) is 32.8 Å². The molecule has 0 aliphatic heterocycles. The first kappa shape index (κ1) is 14.4. The van der Waals surface area contributed by atoms with Crippen LogP contribution in [-0.2, 0) is 0 Å². The van der Waals surface area contributed by atoms with Crippen molar-refractivity contribution in [3.8, 4) is 5.75 Å². The highest BCUT2D eigenvalue weighted by atomic mass is 32.2. The van der Waals surface area contributed by atoms with Gasteiger partial charge < -0.3 is 9.84 Å². The first-order chi connectivity index (χ1) is 8.29. The van der Waals surface area contributed by atoms with Gasteiger partial charge in [0, 0.05) is 5.56 Å². The molecule has 0 aliphatic rings. The molecule has 3 heteroatoms. The minimum Gasteiger partial charge on any atom is -0.493 e. The highest BCUT2D eigenvalue weighted by molar-refractivity contribution is 7.99. The second-order valence-corrected chi connectivity index (χ2v) is 5.25. The van der Waals surface area contributed by atoms with Gasteiger partial charge in [-0.25, -0.2) is 0 Å². The molecule has 17 heavy (non-hydrogen) atoms. The van der Waals surface area contributed by atoms with Gasteiger partial charge in [-0.05, 0) is 30.4 Å². The number of para-hydroxylation sites is 1. The van der Waals surface area contributed by atoms with Gasteiger partial charge in [0.15, 0.2) is 0 Å². The lowest BCUT2D eigenvalue weighted by Gasteiger charge is -2.14. The molecule has 0 saturated heterocycles. The van der Waals surface area contributed by atoms with Gasteiger partial charge in [0.05, 0.1) is 12.7 Å². The second-order valence-electron chi connectivity index (χ2n) is 3.86. The van der Waals surface area contributed by atoms with Crippen molar-refractivity contribution >= 4 is 11.8 Å². The molecular formula is C14H22O2S. The van der Waals surface area contributed by atoms with Crippen LogP contribution < -0.4 is 4.74 Å². The highest BCUT2D eigenvalue weighted by Crippen LogP contribution is 2.26. The topological polar surface area (TPSA) is 29.5 Å². The van der Waals surface area contributed by atoms with Crippen LogP contribution in [0.2, 0.25) is 0 Å². The molecule has 0 spiro atoms. The maximum atomic E-state index is 9.87. The van der Waals surface area contributed by atoms with Crippen LogP contribution in [0.15, 0.2) is 24.3 Å². The van der Waals surface area contributed by atoms with E-state index in [4.69, 9.17) is 4.74 Å². The molecular weight excluding hydrogens is 232 g/mol. The van der Waals surface area contributed by atoms with Crippen molar-refractivity contribution in [1.82, 2.24) is 0 Å². The Morgan fingerprint density at radius 3 is 2.76 bits per heavy atom. The van der Waals surface area contributed by atoms with E-state index in [1.165, 1.54) is 0 Å². The van der Waals surface area contributed by atoms with Crippen LogP contribution in [0.25, 0.3) is 0 Å². The minimum atomic E-state index is -0.420. The molecule has 1 aromatic rings. The maximum Gasteiger partial charge on any atom is 0.125 e. The summed E-state index contributed by atoms with van der Waals surface area (Å²) >= 11 is 1.93. The summed E-state index contributed by atoms with van der Waals surface area (Å²) in [5, 5.41) is 9.87. The average Bonchev–Trinajstić information content (AvgIpc) is 2.38. The van der Waals surface area contributed by atoms with Gasteiger partial charge in [-0.3, -0.25) is 0 Å². The first-order valence-electron chi connectivity index (χ1n) is 6.27. The fourth-order valence-electron chi connectivity index (χ4n) is 1.59. The van der Waals surface area contributed by atoms with Crippen LogP contribution in [0.5, 0.6) is 5.75 Å². The van der Waals surface area contributed by atoms with Crippen LogP contribution in [-0.4, -0.2) is 23.2 Å². The molecule has 0 fully saturated rings. The Kier molecular flexibility index (Phi) is 7.13. The van der Waals surface area contributed by atoms with Crippen LogP contribution in [0, 0.1) is 0 Å². The van der Waals surface area contributed by atoms with Gasteiger partial charge in [-0.1, -0.05) is 32.0 Å². The third-order valence-corrected chi connectivity index (χ3v) is 3.55. The number of thioether (sulfide) groups is 1. The van der Waals surface area contributed by atoms with Crippen molar-refractivity contribution in [1.29, 1.82) is 0 Å². The molecule has 0 bridgehead atoms. The Morgan fingerprint density at radius 2 is 2.06 bits per heavy atom. The van der Waals surface area contributed by atoms with Gasteiger partial charge in [-0.2, -0.15) is 11.8 Å². The van der Waals surface area contributed by atoms with Crippen LogP contribution in [0.3, 0.4) is 0 Å². The van der Waals surface area contributed by atoms with E-state index in [1.807, 2.05) is 43.0 Å². The molecule has 1 aromatic carbocycles. The number of aliphatic hydroxyl groups is 1. The van der Waals surface area contributed by atoms with Crippen LogP contribution in [0.4, 0.5) is 0 Å². The number of aliphatic hydroxyl groups excluding tert-OH is 1. The molecule has 0 heterocycles. The zero-order chi connectivity index (χ0) is 12.5. The Labute approximate surface area is 108 Å². The standard InChI is InChI=1S/C14H22O2S/c1-3-13(15)12-8-5-6-9-14(12)16-10-7-11-17-4-2/h5-6,8-9,13,15H,3-4,7,10-11H2,1-2H3. The lowest BCUT2D eigenvalue weighted by molar-refractivity contribution is 0.167. The molecule has 1 atom stereocenters. The summed E-state index contributed by atoms with van der Waals surface area (Å²) in [6.45, 7) is 4.86. The Hall–Kier alpha value is -0.670. The molecule has 96 valence electrons. The third kappa shape index (κ3) is 5.00. The predicted molar refractivity (Wildman–Crippen MR) is 74.8 cm³/mol. The number of benzene rings is 1. The van der Waals surface area contributed by atoms with E-state index in [2.05, 4.69) is 6.92 Å². The third-order valence-electron chi connectivity index (χ3n) is 2.56. The van der Waals surface area contributed by atoms with Gasteiger partial charge in [0.25, 0.3) is 0 Å². The van der Waals surface area contributed by atoms with E-state index in [0.29, 0.717) is 6.42 Å². The maximum absolute atomic E-state index is 9.87. The van der Waals surface area contributed by atoms with Crippen molar-refractivity contribution in [3.05, 3.63) is 29.8 Å². The van der Waals surface area contributed by atoms with E-state index < -0.39 is 6.10 Å². The van der Waals surface area contributed by atoms with E-state index >= 15 is 0 Å². The summed E-state index contributed by atoms with van der Waals surface area (Å²) in [6, 6.07) is 7.75. The molecule has 0 aromatic heterocycles. The molecule has 2 nitrogen and oxygen atoms in total. The van der Waals surface area contributed by atoms with E-state index in [1.54, 1.807) is 0 Å². The monoisotopic (exact) mass is 254 g/mol. The summed E-state index contributed by atoms with van der Waals surface area (Å²) < 4.78 is 5.73. The van der Waals surface area contributed by atoms with Crippen LogP contribution in [0.1, 0.15) is 38.4 Å². The predicted octanol–water partition coefficient (Wildman–Crippen LogP) is 3.65. The molecule has 0 saturated carbocycles. The highest BCUT2D eigenvalue weighted by Gasteiger charge is 2.10. The number of ether oxygens (including phenoxy) is 1. The molecule has 1 N–H and O–H groups in total. The lowest BCUT2D eigenvalue weighted by atomic mass is 10.1. The smallest absolute Gasteiger partial charge is 0.125 e.